The van der Waals surface area contributed by atoms with Gasteiger partial charge in [-0.05, 0) is 23.8 Å². The van der Waals surface area contributed by atoms with E-state index in [0.29, 0.717) is 29.8 Å². The first-order valence-electron chi connectivity index (χ1n) is 8.06. The molecule has 0 bridgehead atoms. The van der Waals surface area contributed by atoms with Gasteiger partial charge in [0.1, 0.15) is 6.61 Å². The molecule has 0 radical (unpaired) electrons. The summed E-state index contributed by atoms with van der Waals surface area (Å²) in [6.07, 6.45) is -0.0441. The fourth-order valence-electron chi connectivity index (χ4n) is 2.39. The van der Waals surface area contributed by atoms with Gasteiger partial charge in [-0.15, -0.1) is 0 Å². The average Bonchev–Trinajstić information content (AvgIpc) is 2.94. The first-order chi connectivity index (χ1) is 12.6. The lowest BCUT2D eigenvalue weighted by Crippen LogP contribution is -2.24. The van der Waals surface area contributed by atoms with Crippen molar-refractivity contribution >= 4 is 23.5 Å². The summed E-state index contributed by atoms with van der Waals surface area (Å²) in [5.41, 5.74) is 2.45. The Kier molecular flexibility index (Phi) is 5.30. The number of carbonyl (C=O) groups is 3. The second-order valence-corrected chi connectivity index (χ2v) is 5.58. The van der Waals surface area contributed by atoms with Gasteiger partial charge < -0.3 is 15.4 Å². The van der Waals surface area contributed by atoms with Crippen LogP contribution in [-0.4, -0.2) is 24.3 Å². The molecule has 26 heavy (non-hydrogen) atoms. The van der Waals surface area contributed by atoms with E-state index in [2.05, 4.69) is 22.5 Å². The molecule has 0 aliphatic carbocycles. The highest BCUT2D eigenvalue weighted by atomic mass is 16.5. The number of hydrogen-bond donors (Lipinski definition) is 2. The van der Waals surface area contributed by atoms with Gasteiger partial charge in [-0.2, -0.15) is 0 Å². The van der Waals surface area contributed by atoms with Gasteiger partial charge in [0, 0.05) is 18.5 Å². The number of nitrogens with one attached hydrogen (secondary N) is 2. The molecule has 1 aliphatic rings. The Morgan fingerprint density at radius 2 is 1.92 bits per heavy atom. The van der Waals surface area contributed by atoms with Crippen molar-refractivity contribution in [2.24, 2.45) is 0 Å². The zero-order valence-corrected chi connectivity index (χ0v) is 13.9. The molecule has 2 N–H and O–H groups in total. The number of anilines is 1. The first kappa shape index (κ1) is 17.2. The molecule has 130 valence electrons. The van der Waals surface area contributed by atoms with Crippen molar-refractivity contribution in [1.82, 2.24) is 5.32 Å². The molecular weight excluding hydrogens is 332 g/mol. The van der Waals surface area contributed by atoms with Crippen LogP contribution in [0.25, 0.3) is 0 Å². The van der Waals surface area contributed by atoms with Gasteiger partial charge in [0.05, 0.1) is 11.3 Å². The second-order valence-electron chi connectivity index (χ2n) is 5.58. The predicted molar refractivity (Wildman–Crippen MR) is 95.5 cm³/mol. The molecule has 1 heterocycles. The van der Waals surface area contributed by atoms with Crippen LogP contribution in [0.2, 0.25) is 0 Å². The highest BCUT2D eigenvalue weighted by molar-refractivity contribution is 6.51. The Hall–Kier alpha value is -3.59. The fourth-order valence-corrected chi connectivity index (χ4v) is 2.39. The van der Waals surface area contributed by atoms with Gasteiger partial charge in [0.15, 0.2) is 0 Å². The van der Waals surface area contributed by atoms with Crippen molar-refractivity contribution < 1.29 is 19.1 Å². The van der Waals surface area contributed by atoms with Crippen LogP contribution in [-0.2, 0) is 16.1 Å². The van der Waals surface area contributed by atoms with E-state index in [0.717, 1.165) is 5.56 Å². The van der Waals surface area contributed by atoms with Crippen molar-refractivity contribution in [3.63, 3.8) is 0 Å². The summed E-state index contributed by atoms with van der Waals surface area (Å²) in [6.45, 7) is 0.582. The molecule has 6 heteroatoms. The van der Waals surface area contributed by atoms with E-state index in [1.54, 1.807) is 18.2 Å². The minimum atomic E-state index is -0.622. The summed E-state index contributed by atoms with van der Waals surface area (Å²) < 4.78 is 5.09. The summed E-state index contributed by atoms with van der Waals surface area (Å²) in [7, 11) is 0. The molecule has 0 aromatic heterocycles. The average molecular weight is 348 g/mol. The first-order valence-corrected chi connectivity index (χ1v) is 8.06. The highest BCUT2D eigenvalue weighted by Crippen LogP contribution is 2.23. The third-order valence-corrected chi connectivity index (χ3v) is 3.68. The monoisotopic (exact) mass is 348 g/mol. The summed E-state index contributed by atoms with van der Waals surface area (Å²) in [5.74, 6) is 4.71. The maximum absolute atomic E-state index is 11.6. The second kappa shape index (κ2) is 7.99. The number of carbonyl (C=O) groups excluding carboxylic acids is 3. The SMILES string of the molecule is O=C(NCCC#Cc1ccc2c(c1)NC(=O)C2=O)OCc1ccccc1. The lowest BCUT2D eigenvalue weighted by Gasteiger charge is -2.05. The lowest BCUT2D eigenvalue weighted by molar-refractivity contribution is -0.112. The van der Waals surface area contributed by atoms with Gasteiger partial charge in [-0.3, -0.25) is 9.59 Å². The van der Waals surface area contributed by atoms with Gasteiger partial charge in [0.2, 0.25) is 0 Å². The van der Waals surface area contributed by atoms with Crippen LogP contribution in [0.4, 0.5) is 10.5 Å². The lowest BCUT2D eigenvalue weighted by atomic mass is 10.1. The maximum atomic E-state index is 11.6. The molecule has 6 nitrogen and oxygen atoms in total. The van der Waals surface area contributed by atoms with Crippen LogP contribution >= 0.6 is 0 Å². The summed E-state index contributed by atoms with van der Waals surface area (Å²) in [4.78, 5) is 34.4. The van der Waals surface area contributed by atoms with Crippen molar-refractivity contribution in [1.29, 1.82) is 0 Å². The van der Waals surface area contributed by atoms with Gasteiger partial charge in [0.25, 0.3) is 11.7 Å². The molecule has 0 saturated carbocycles. The Labute approximate surface area is 150 Å². The van der Waals surface area contributed by atoms with Crippen LogP contribution in [0.1, 0.15) is 27.9 Å². The van der Waals surface area contributed by atoms with Crippen LogP contribution in [0.15, 0.2) is 48.5 Å². The quantitative estimate of drug-likeness (QED) is 0.505. The number of hydrogen-bond acceptors (Lipinski definition) is 4. The smallest absolute Gasteiger partial charge is 0.407 e. The molecule has 2 aromatic rings. The predicted octanol–water partition coefficient (Wildman–Crippen LogP) is 2.49. The van der Waals surface area contributed by atoms with Gasteiger partial charge in [-0.1, -0.05) is 42.2 Å². The number of Topliss-reactive ketones (excluding diaryl/α,β-unsaturated/α-hetero) is 1. The highest BCUT2D eigenvalue weighted by Gasteiger charge is 2.27. The number of fused-ring (bicyclic) bond motifs is 1. The van der Waals surface area contributed by atoms with E-state index in [1.807, 2.05) is 30.3 Å². The number of rotatable bonds is 4. The summed E-state index contributed by atoms with van der Waals surface area (Å²) in [6, 6.07) is 14.3. The Morgan fingerprint density at radius 1 is 1.12 bits per heavy atom. The summed E-state index contributed by atoms with van der Waals surface area (Å²) in [5, 5.41) is 5.13. The van der Waals surface area contributed by atoms with Crippen molar-refractivity contribution in [2.75, 3.05) is 11.9 Å². The normalized spacial score (nSPS) is 11.8. The number of ether oxygens (including phenoxy) is 1. The molecular formula is C20H16N2O4. The fraction of sp³-hybridized carbons (Fsp3) is 0.150. The third kappa shape index (κ3) is 4.28. The Balaban J connectivity index is 1.42. The molecule has 0 atom stereocenters. The molecule has 2 amide bonds. The molecule has 2 aromatic carbocycles. The molecule has 0 fully saturated rings. The van der Waals surface area contributed by atoms with Crippen molar-refractivity contribution in [2.45, 2.75) is 13.0 Å². The van der Waals surface area contributed by atoms with Crippen LogP contribution in [0.5, 0.6) is 0 Å². The zero-order chi connectivity index (χ0) is 18.4. The largest absolute Gasteiger partial charge is 0.445 e. The molecule has 0 spiro atoms. The topological polar surface area (TPSA) is 84.5 Å². The van der Waals surface area contributed by atoms with E-state index in [9.17, 15) is 14.4 Å². The minimum absolute atomic E-state index is 0.220. The number of alkyl carbamates (subject to hydrolysis) is 1. The van der Waals surface area contributed by atoms with Crippen LogP contribution in [0.3, 0.4) is 0 Å². The Morgan fingerprint density at radius 3 is 2.73 bits per heavy atom. The third-order valence-electron chi connectivity index (χ3n) is 3.68. The van der Waals surface area contributed by atoms with Crippen LogP contribution in [0, 0.1) is 11.8 Å². The van der Waals surface area contributed by atoms with E-state index in [4.69, 9.17) is 4.74 Å². The molecule has 0 saturated heterocycles. The standard InChI is InChI=1S/C20H16N2O4/c23-18-16-10-9-14(12-17(16)22-19(18)24)6-4-5-11-21-20(25)26-13-15-7-2-1-3-8-15/h1-3,7-10,12H,5,11,13H2,(H,21,25)(H,22,23,24). The van der Waals surface area contributed by atoms with Gasteiger partial charge >= 0.3 is 6.09 Å². The number of amides is 2. The minimum Gasteiger partial charge on any atom is -0.445 e. The molecule has 3 rings (SSSR count). The van der Waals surface area contributed by atoms with E-state index in [-0.39, 0.29) is 6.61 Å². The summed E-state index contributed by atoms with van der Waals surface area (Å²) >= 11 is 0. The number of ketones is 1. The van der Waals surface area contributed by atoms with E-state index < -0.39 is 17.8 Å². The van der Waals surface area contributed by atoms with Gasteiger partial charge in [-0.25, -0.2) is 4.79 Å². The van der Waals surface area contributed by atoms with E-state index in [1.165, 1.54) is 0 Å². The zero-order valence-electron chi connectivity index (χ0n) is 13.9. The van der Waals surface area contributed by atoms with Crippen molar-refractivity contribution in [3.8, 4) is 11.8 Å². The maximum Gasteiger partial charge on any atom is 0.407 e. The Bertz CT molecular complexity index is 910. The number of benzene rings is 2. The molecule has 1 aliphatic heterocycles. The van der Waals surface area contributed by atoms with E-state index >= 15 is 0 Å². The molecule has 0 unspecified atom stereocenters. The van der Waals surface area contributed by atoms with Crippen LogP contribution < -0.4 is 10.6 Å². The van der Waals surface area contributed by atoms with Crippen molar-refractivity contribution in [3.05, 3.63) is 65.2 Å².